The van der Waals surface area contributed by atoms with Crippen LogP contribution < -0.4 is 0 Å². The first kappa shape index (κ1) is 30.3. The molecule has 2 aliphatic carbocycles. The molecule has 15 heteroatoms. The zero-order valence-electron chi connectivity index (χ0n) is 18.8. The third-order valence-electron chi connectivity index (χ3n) is 7.77. The fourth-order valence-electron chi connectivity index (χ4n) is 6.56. The third kappa shape index (κ3) is 4.62. The number of hydrogen-bond acceptors (Lipinski definition) is 3. The minimum absolute atomic E-state index is 0.0402. The second-order valence-electron chi connectivity index (χ2n) is 9.25. The van der Waals surface area contributed by atoms with Crippen LogP contribution in [0.3, 0.4) is 0 Å². The summed E-state index contributed by atoms with van der Waals surface area (Å²) in [6.07, 6.45) is -27.6. The average Bonchev–Trinajstić information content (AvgIpc) is 3.18. The summed E-state index contributed by atoms with van der Waals surface area (Å²) < 4.78 is 174. The van der Waals surface area contributed by atoms with E-state index >= 15 is 0 Å². The van der Waals surface area contributed by atoms with Crippen molar-refractivity contribution in [2.75, 3.05) is 13.9 Å². The fraction of sp³-hybridized carbons (Fsp3) is 1.00. The monoisotopic (exact) mass is 542 g/mol. The Hall–Kier alpha value is -0.960. The molecule has 1 N–H and O–H groups in total. The lowest BCUT2D eigenvalue weighted by molar-refractivity contribution is -0.399. The van der Waals surface area contributed by atoms with Crippen molar-refractivity contribution in [2.45, 2.75) is 75.4 Å². The summed E-state index contributed by atoms with van der Waals surface area (Å²) >= 11 is 0. The molecule has 2 rings (SSSR count). The third-order valence-corrected chi connectivity index (χ3v) is 7.77. The number of alkyl halides is 12. The second-order valence-corrected chi connectivity index (χ2v) is 9.25. The molecule has 0 aliphatic heterocycles. The van der Waals surface area contributed by atoms with Crippen LogP contribution in [-0.4, -0.2) is 54.9 Å². The first-order chi connectivity index (χ1) is 15.7. The van der Waals surface area contributed by atoms with E-state index < -0.39 is 91.0 Å². The molecule has 2 fully saturated rings. The lowest BCUT2D eigenvalue weighted by atomic mass is 9.68. The standard InChI is InChI=1S/C20H26F12O3/c1-4-10-11(5-2)13-9(7-15(17(21,22)23,18(24,25)26)35-8-34-3)6-12(10)14(13)16(33,19(27,28)29)20(30,31)32/h9-14,33H,4-8H2,1-3H3. The maximum absolute atomic E-state index is 13.8. The van der Waals surface area contributed by atoms with E-state index in [-0.39, 0.29) is 12.8 Å². The van der Waals surface area contributed by atoms with Gasteiger partial charge in [0.15, 0.2) is 0 Å². The van der Waals surface area contributed by atoms with Gasteiger partial charge in [0, 0.05) is 13.0 Å². The van der Waals surface area contributed by atoms with Gasteiger partial charge in [-0.2, -0.15) is 52.7 Å². The quantitative estimate of drug-likeness (QED) is 0.276. The molecule has 0 saturated heterocycles. The second kappa shape index (κ2) is 9.41. The van der Waals surface area contributed by atoms with Crippen LogP contribution >= 0.6 is 0 Å². The number of rotatable bonds is 8. The summed E-state index contributed by atoms with van der Waals surface area (Å²) in [5.41, 5.74) is -10.2. The first-order valence-electron chi connectivity index (χ1n) is 10.8. The van der Waals surface area contributed by atoms with Gasteiger partial charge in [0.1, 0.15) is 6.79 Å². The van der Waals surface area contributed by atoms with E-state index in [1.54, 1.807) is 0 Å². The highest BCUT2D eigenvalue weighted by atomic mass is 19.4. The zero-order valence-corrected chi connectivity index (χ0v) is 18.8. The van der Waals surface area contributed by atoms with Gasteiger partial charge in [0.25, 0.3) is 11.2 Å². The van der Waals surface area contributed by atoms with Gasteiger partial charge >= 0.3 is 24.7 Å². The number of methoxy groups -OCH3 is 1. The van der Waals surface area contributed by atoms with Crippen molar-refractivity contribution in [3.8, 4) is 0 Å². The van der Waals surface area contributed by atoms with Gasteiger partial charge in [-0.1, -0.05) is 26.7 Å². The number of hydrogen-bond donors (Lipinski definition) is 1. The molecule has 0 heterocycles. The molecule has 6 atom stereocenters. The van der Waals surface area contributed by atoms with Gasteiger partial charge in [-0.05, 0) is 42.4 Å². The van der Waals surface area contributed by atoms with Crippen molar-refractivity contribution in [3.05, 3.63) is 0 Å². The molecular weight excluding hydrogens is 516 g/mol. The molecule has 0 aromatic rings. The van der Waals surface area contributed by atoms with Crippen LogP contribution in [0.1, 0.15) is 39.5 Å². The van der Waals surface area contributed by atoms with Crippen LogP contribution in [-0.2, 0) is 9.47 Å². The number of halogens is 12. The van der Waals surface area contributed by atoms with Gasteiger partial charge in [-0.15, -0.1) is 0 Å². The number of fused-ring (bicyclic) bond motifs is 2. The Morgan fingerprint density at radius 1 is 0.743 bits per heavy atom. The van der Waals surface area contributed by atoms with Crippen LogP contribution in [0.5, 0.6) is 0 Å². The van der Waals surface area contributed by atoms with Crippen LogP contribution in [0.25, 0.3) is 0 Å². The molecule has 2 saturated carbocycles. The molecule has 0 aromatic heterocycles. The largest absolute Gasteiger partial charge is 0.426 e. The van der Waals surface area contributed by atoms with E-state index in [9.17, 15) is 57.8 Å². The highest BCUT2D eigenvalue weighted by molar-refractivity contribution is 5.16. The molecule has 6 unspecified atom stereocenters. The molecule has 0 aromatic carbocycles. The van der Waals surface area contributed by atoms with Gasteiger partial charge in [-0.3, -0.25) is 0 Å². The predicted octanol–water partition coefficient (Wildman–Crippen LogP) is 6.65. The molecule has 3 nitrogen and oxygen atoms in total. The van der Waals surface area contributed by atoms with Crippen molar-refractivity contribution in [2.24, 2.45) is 35.5 Å². The van der Waals surface area contributed by atoms with Crippen LogP contribution in [0.4, 0.5) is 52.7 Å². The van der Waals surface area contributed by atoms with E-state index in [0.717, 1.165) is 7.11 Å². The van der Waals surface area contributed by atoms with Crippen molar-refractivity contribution in [3.63, 3.8) is 0 Å². The SMILES string of the molecule is CCC1C(CC)C2C(CC(OCOC)(C(F)(F)F)C(F)(F)F)CC1C2C(O)(C(F)(F)F)C(F)(F)F. The maximum Gasteiger partial charge on any atom is 0.426 e. The summed E-state index contributed by atoms with van der Waals surface area (Å²) in [6, 6.07) is 0. The molecule has 0 spiro atoms. The van der Waals surface area contributed by atoms with Crippen LogP contribution in [0.15, 0.2) is 0 Å². The predicted molar refractivity (Wildman–Crippen MR) is 95.6 cm³/mol. The summed E-state index contributed by atoms with van der Waals surface area (Å²) in [4.78, 5) is 0. The fourth-order valence-corrected chi connectivity index (χ4v) is 6.56. The normalized spacial score (nSPS) is 30.9. The number of ether oxygens (including phenoxy) is 2. The van der Waals surface area contributed by atoms with Crippen molar-refractivity contribution in [1.82, 2.24) is 0 Å². The Morgan fingerprint density at radius 3 is 1.54 bits per heavy atom. The van der Waals surface area contributed by atoms with E-state index in [1.165, 1.54) is 13.8 Å². The molecular formula is C20H26F12O3. The van der Waals surface area contributed by atoms with Crippen molar-refractivity contribution >= 4 is 0 Å². The average molecular weight is 542 g/mol. The highest BCUT2D eigenvalue weighted by Gasteiger charge is 2.81. The maximum atomic E-state index is 13.8. The van der Waals surface area contributed by atoms with E-state index in [0.29, 0.717) is 0 Å². The van der Waals surface area contributed by atoms with Gasteiger partial charge in [0.05, 0.1) is 0 Å². The summed E-state index contributed by atoms with van der Waals surface area (Å²) in [5.74, 6) is -9.99. The van der Waals surface area contributed by atoms with Gasteiger partial charge < -0.3 is 14.6 Å². The lowest BCUT2D eigenvalue weighted by Crippen LogP contribution is -2.63. The number of aliphatic hydroxyl groups is 1. The summed E-state index contributed by atoms with van der Waals surface area (Å²) in [7, 11) is 0.747. The first-order valence-corrected chi connectivity index (χ1v) is 10.8. The molecule has 208 valence electrons. The molecule has 2 aliphatic rings. The van der Waals surface area contributed by atoms with Gasteiger partial charge in [-0.25, -0.2) is 0 Å². The molecule has 35 heavy (non-hydrogen) atoms. The van der Waals surface area contributed by atoms with Crippen LogP contribution in [0.2, 0.25) is 0 Å². The van der Waals surface area contributed by atoms with Crippen molar-refractivity contribution in [1.29, 1.82) is 0 Å². The topological polar surface area (TPSA) is 38.7 Å². The lowest BCUT2D eigenvalue weighted by Gasteiger charge is -2.43. The molecule has 0 radical (unpaired) electrons. The van der Waals surface area contributed by atoms with E-state index in [1.807, 2.05) is 0 Å². The summed E-state index contributed by atoms with van der Waals surface area (Å²) in [6.45, 7) is 1.36. The molecule has 0 amide bonds. The Morgan fingerprint density at radius 2 is 1.20 bits per heavy atom. The van der Waals surface area contributed by atoms with E-state index in [4.69, 9.17) is 0 Å². The Kier molecular flexibility index (Phi) is 8.14. The Balaban J connectivity index is 2.69. The Labute approximate surface area is 193 Å². The zero-order chi connectivity index (χ0) is 27.4. The van der Waals surface area contributed by atoms with Gasteiger partial charge in [0.2, 0.25) is 0 Å². The molecule has 2 bridgehead atoms. The highest BCUT2D eigenvalue weighted by Crippen LogP contribution is 2.69. The van der Waals surface area contributed by atoms with Crippen molar-refractivity contribution < 1.29 is 67.3 Å². The smallest absolute Gasteiger partial charge is 0.373 e. The minimum atomic E-state index is -6.26. The Bertz CT molecular complexity index is 699. The minimum Gasteiger partial charge on any atom is -0.373 e. The van der Waals surface area contributed by atoms with Crippen LogP contribution in [0, 0.1) is 35.5 Å². The van der Waals surface area contributed by atoms with E-state index in [2.05, 4.69) is 9.47 Å². The summed E-state index contributed by atoms with van der Waals surface area (Å²) in [5, 5.41) is 10.1.